The summed E-state index contributed by atoms with van der Waals surface area (Å²) in [6.45, 7) is 0.411. The van der Waals surface area contributed by atoms with Gasteiger partial charge in [0, 0.05) is 23.8 Å². The SMILES string of the molecule is O=C1C2=C(OC3CCCCC13)C(=O)N(Cc1cccnc1)C2c1cccs1. The molecule has 0 saturated heterocycles. The van der Waals surface area contributed by atoms with Gasteiger partial charge in [0.2, 0.25) is 0 Å². The van der Waals surface area contributed by atoms with Crippen LogP contribution in [0.5, 0.6) is 0 Å². The van der Waals surface area contributed by atoms with Gasteiger partial charge in [0.05, 0.1) is 17.5 Å². The number of aromatic nitrogens is 1. The van der Waals surface area contributed by atoms with Gasteiger partial charge in [-0.25, -0.2) is 0 Å². The van der Waals surface area contributed by atoms with Crippen LogP contribution in [-0.4, -0.2) is 27.7 Å². The van der Waals surface area contributed by atoms with Crippen LogP contribution in [0.3, 0.4) is 0 Å². The molecule has 1 saturated carbocycles. The van der Waals surface area contributed by atoms with E-state index in [4.69, 9.17) is 4.74 Å². The monoisotopic (exact) mass is 380 g/mol. The van der Waals surface area contributed by atoms with Crippen molar-refractivity contribution in [3.8, 4) is 0 Å². The van der Waals surface area contributed by atoms with Gasteiger partial charge in [0.1, 0.15) is 6.10 Å². The molecule has 0 aromatic carbocycles. The van der Waals surface area contributed by atoms with Gasteiger partial charge in [-0.05, 0) is 42.3 Å². The molecule has 1 aliphatic carbocycles. The van der Waals surface area contributed by atoms with Crippen LogP contribution in [0.1, 0.15) is 42.2 Å². The van der Waals surface area contributed by atoms with Crippen LogP contribution in [0.25, 0.3) is 0 Å². The molecule has 4 heterocycles. The van der Waals surface area contributed by atoms with E-state index in [1.165, 1.54) is 0 Å². The Morgan fingerprint density at radius 1 is 1.19 bits per heavy atom. The molecule has 2 aromatic heterocycles. The van der Waals surface area contributed by atoms with Crippen LogP contribution in [0.15, 0.2) is 53.4 Å². The first-order chi connectivity index (χ1) is 13.2. The van der Waals surface area contributed by atoms with Crippen molar-refractivity contribution in [2.45, 2.75) is 44.4 Å². The highest BCUT2D eigenvalue weighted by Crippen LogP contribution is 2.47. The van der Waals surface area contributed by atoms with Crippen molar-refractivity contribution >= 4 is 23.0 Å². The highest BCUT2D eigenvalue weighted by molar-refractivity contribution is 7.10. The molecule has 27 heavy (non-hydrogen) atoms. The van der Waals surface area contributed by atoms with E-state index in [2.05, 4.69) is 4.98 Å². The highest BCUT2D eigenvalue weighted by atomic mass is 32.1. The predicted octanol–water partition coefficient (Wildman–Crippen LogP) is 3.64. The van der Waals surface area contributed by atoms with Gasteiger partial charge in [-0.3, -0.25) is 14.6 Å². The third-order valence-corrected chi connectivity index (χ3v) is 6.67. The molecule has 0 spiro atoms. The number of amides is 1. The van der Waals surface area contributed by atoms with Crippen LogP contribution in [0.4, 0.5) is 0 Å². The summed E-state index contributed by atoms with van der Waals surface area (Å²) in [6, 6.07) is 7.41. The molecule has 3 unspecified atom stereocenters. The third-order valence-electron chi connectivity index (χ3n) is 5.75. The number of nitrogens with zero attached hydrogens (tertiary/aromatic N) is 2. The molecular weight excluding hydrogens is 360 g/mol. The summed E-state index contributed by atoms with van der Waals surface area (Å²) in [6.07, 6.45) is 7.15. The van der Waals surface area contributed by atoms with Crippen molar-refractivity contribution in [1.29, 1.82) is 0 Å². The summed E-state index contributed by atoms with van der Waals surface area (Å²) in [4.78, 5) is 33.5. The molecule has 138 valence electrons. The lowest BCUT2D eigenvalue weighted by atomic mass is 9.78. The predicted molar refractivity (Wildman–Crippen MR) is 101 cm³/mol. The zero-order chi connectivity index (χ0) is 18.4. The number of carbonyl (C=O) groups is 2. The Balaban J connectivity index is 1.57. The van der Waals surface area contributed by atoms with Gasteiger partial charge in [-0.2, -0.15) is 0 Å². The number of fused-ring (bicyclic) bond motifs is 1. The lowest BCUT2D eigenvalue weighted by Gasteiger charge is -2.35. The van der Waals surface area contributed by atoms with Crippen LogP contribution < -0.4 is 0 Å². The highest BCUT2D eigenvalue weighted by Gasteiger charge is 2.52. The first-order valence-corrected chi connectivity index (χ1v) is 10.3. The van der Waals surface area contributed by atoms with Gasteiger partial charge in [-0.1, -0.05) is 18.6 Å². The summed E-state index contributed by atoms with van der Waals surface area (Å²) in [7, 11) is 0. The van der Waals surface area contributed by atoms with Crippen molar-refractivity contribution < 1.29 is 14.3 Å². The third kappa shape index (κ3) is 2.70. The minimum atomic E-state index is -0.358. The lowest BCUT2D eigenvalue weighted by molar-refractivity contribution is -0.135. The standard InChI is InChI=1S/C21H20N2O3S/c24-19-14-6-1-2-7-15(14)26-20-17(19)18(16-8-4-10-27-16)23(21(20)25)12-13-5-3-9-22-11-13/h3-5,8-11,14-15,18H,1-2,6-7,12H2. The maximum atomic E-state index is 13.4. The minimum absolute atomic E-state index is 0.105. The average Bonchev–Trinajstić information content (AvgIpc) is 3.31. The summed E-state index contributed by atoms with van der Waals surface area (Å²) >= 11 is 1.57. The van der Waals surface area contributed by atoms with E-state index < -0.39 is 0 Å². The van der Waals surface area contributed by atoms with Crippen molar-refractivity contribution in [2.75, 3.05) is 0 Å². The molecule has 2 aliphatic heterocycles. The Morgan fingerprint density at radius 3 is 2.85 bits per heavy atom. The Bertz CT molecular complexity index is 907. The maximum absolute atomic E-state index is 13.4. The maximum Gasteiger partial charge on any atom is 0.290 e. The van der Waals surface area contributed by atoms with Crippen molar-refractivity contribution in [3.05, 3.63) is 63.8 Å². The molecule has 0 radical (unpaired) electrons. The Hall–Kier alpha value is -2.47. The van der Waals surface area contributed by atoms with Gasteiger partial charge in [0.25, 0.3) is 5.91 Å². The number of carbonyl (C=O) groups excluding carboxylic acids is 2. The lowest BCUT2D eigenvalue weighted by Crippen LogP contribution is -2.39. The number of ketones is 1. The molecule has 2 aromatic rings. The second-order valence-corrected chi connectivity index (χ2v) is 8.35. The quantitative estimate of drug-likeness (QED) is 0.816. The number of Topliss-reactive ketones (excluding diaryl/α,β-unsaturated/α-hetero) is 1. The van der Waals surface area contributed by atoms with Gasteiger partial charge >= 0.3 is 0 Å². The summed E-state index contributed by atoms with van der Waals surface area (Å²) in [5.74, 6) is 0.113. The largest absolute Gasteiger partial charge is 0.483 e. The smallest absolute Gasteiger partial charge is 0.290 e. The molecule has 3 atom stereocenters. The van der Waals surface area contributed by atoms with Crippen molar-refractivity contribution in [3.63, 3.8) is 0 Å². The number of hydrogen-bond donors (Lipinski definition) is 0. The van der Waals surface area contributed by atoms with Crippen molar-refractivity contribution in [2.24, 2.45) is 5.92 Å². The molecule has 6 heteroatoms. The fourth-order valence-electron chi connectivity index (χ4n) is 4.49. The van der Waals surface area contributed by atoms with Crippen LogP contribution in [0.2, 0.25) is 0 Å². The minimum Gasteiger partial charge on any atom is -0.483 e. The molecule has 5 nitrogen and oxygen atoms in total. The molecule has 3 aliphatic rings. The molecular formula is C21H20N2O3S. The van der Waals surface area contributed by atoms with Gasteiger partial charge in [-0.15, -0.1) is 11.3 Å². The Labute approximate surface area is 161 Å². The summed E-state index contributed by atoms with van der Waals surface area (Å²) in [5.41, 5.74) is 1.51. The van der Waals surface area contributed by atoms with E-state index in [-0.39, 0.29) is 35.5 Å². The zero-order valence-electron chi connectivity index (χ0n) is 14.8. The second-order valence-electron chi connectivity index (χ2n) is 7.37. The molecule has 0 bridgehead atoms. The van der Waals surface area contributed by atoms with Crippen molar-refractivity contribution in [1.82, 2.24) is 9.88 Å². The molecule has 1 fully saturated rings. The van der Waals surface area contributed by atoms with E-state index in [0.717, 1.165) is 36.1 Å². The normalized spacial score (nSPS) is 27.4. The first kappa shape index (κ1) is 16.7. The van der Waals surface area contributed by atoms with Crippen LogP contribution in [-0.2, 0) is 20.9 Å². The number of thiophene rings is 1. The van der Waals surface area contributed by atoms with Gasteiger partial charge < -0.3 is 9.64 Å². The van der Waals surface area contributed by atoms with Gasteiger partial charge in [0.15, 0.2) is 11.5 Å². The first-order valence-electron chi connectivity index (χ1n) is 9.42. The second kappa shape index (κ2) is 6.60. The van der Waals surface area contributed by atoms with Crippen LogP contribution in [0, 0.1) is 5.92 Å². The summed E-state index contributed by atoms with van der Waals surface area (Å²) in [5, 5.41) is 1.98. The Kier molecular flexibility index (Phi) is 4.08. The molecule has 1 amide bonds. The number of ether oxygens (including phenoxy) is 1. The van der Waals surface area contributed by atoms with E-state index in [9.17, 15) is 9.59 Å². The topological polar surface area (TPSA) is 59.5 Å². The fourth-order valence-corrected chi connectivity index (χ4v) is 5.33. The van der Waals surface area contributed by atoms with E-state index in [1.54, 1.807) is 28.6 Å². The molecule has 0 N–H and O–H groups in total. The number of hydrogen-bond acceptors (Lipinski definition) is 5. The number of rotatable bonds is 3. The van der Waals surface area contributed by atoms with E-state index >= 15 is 0 Å². The number of pyridine rings is 1. The van der Waals surface area contributed by atoms with Crippen LogP contribution >= 0.6 is 11.3 Å². The average molecular weight is 380 g/mol. The molecule has 5 rings (SSSR count). The van der Waals surface area contributed by atoms with E-state index in [1.807, 2.05) is 29.6 Å². The Morgan fingerprint density at radius 2 is 2.07 bits per heavy atom. The zero-order valence-corrected chi connectivity index (χ0v) is 15.7. The fraction of sp³-hybridized carbons (Fsp3) is 0.381. The summed E-state index contributed by atoms with van der Waals surface area (Å²) < 4.78 is 6.15. The van der Waals surface area contributed by atoms with E-state index in [0.29, 0.717) is 12.1 Å².